The second-order valence-corrected chi connectivity index (χ2v) is 4.70. The molecule has 0 aliphatic rings. The molecule has 0 aliphatic heterocycles. The highest BCUT2D eigenvalue weighted by Crippen LogP contribution is 2.14. The second kappa shape index (κ2) is 6.21. The number of aromatic amines is 1. The van der Waals surface area contributed by atoms with E-state index < -0.39 is 17.1 Å². The van der Waals surface area contributed by atoms with Crippen LogP contribution in [0.3, 0.4) is 0 Å². The Morgan fingerprint density at radius 2 is 2.00 bits per heavy atom. The molecule has 0 saturated heterocycles. The summed E-state index contributed by atoms with van der Waals surface area (Å²) >= 11 is 0. The fourth-order valence-electron chi connectivity index (χ4n) is 1.78. The Hall–Kier alpha value is -2.63. The Bertz CT molecular complexity index is 760. The molecule has 21 heavy (non-hydrogen) atoms. The number of aliphatic imine (C=N–C) groups is 1. The van der Waals surface area contributed by atoms with E-state index in [4.69, 9.17) is 0 Å². The molecule has 0 spiro atoms. The smallest absolute Gasteiger partial charge is 0.335 e. The van der Waals surface area contributed by atoms with Crippen LogP contribution in [0, 0.1) is 0 Å². The van der Waals surface area contributed by atoms with Gasteiger partial charge in [-0.25, -0.2) is 9.36 Å². The van der Waals surface area contributed by atoms with Crippen LogP contribution in [0.5, 0.6) is 5.88 Å². The van der Waals surface area contributed by atoms with E-state index in [1.54, 1.807) is 30.3 Å². The molecule has 2 N–H and O–H groups in total. The number of hydrogen-bond acceptors (Lipinski definition) is 4. The zero-order valence-electron chi connectivity index (χ0n) is 11.9. The minimum absolute atomic E-state index is 0.0286. The maximum absolute atomic E-state index is 11.9. The standard InChI is InChI=1S/C15H17N3O3/c1-3-10(2)16-9-12-13(19)17-15(21)18(14(12)20)11-7-5-4-6-8-11/h4-10,20H,3H2,1-2H3,(H,17,19,21)/t10-/m0/s1. The number of rotatable bonds is 4. The van der Waals surface area contributed by atoms with Gasteiger partial charge in [-0.2, -0.15) is 0 Å². The average Bonchev–Trinajstić information content (AvgIpc) is 2.47. The summed E-state index contributed by atoms with van der Waals surface area (Å²) in [4.78, 5) is 30.1. The molecule has 0 bridgehead atoms. The quantitative estimate of drug-likeness (QED) is 0.834. The molecular formula is C15H17N3O3. The molecule has 0 saturated carbocycles. The zero-order chi connectivity index (χ0) is 15.4. The van der Waals surface area contributed by atoms with Gasteiger partial charge >= 0.3 is 5.69 Å². The van der Waals surface area contributed by atoms with E-state index in [9.17, 15) is 14.7 Å². The van der Waals surface area contributed by atoms with Crippen molar-refractivity contribution < 1.29 is 5.11 Å². The third-order valence-corrected chi connectivity index (χ3v) is 3.18. The summed E-state index contributed by atoms with van der Waals surface area (Å²) in [7, 11) is 0. The van der Waals surface area contributed by atoms with Crippen LogP contribution in [0.2, 0.25) is 0 Å². The largest absolute Gasteiger partial charge is 0.493 e. The summed E-state index contributed by atoms with van der Waals surface area (Å²) in [6, 6.07) is 8.62. The van der Waals surface area contributed by atoms with Crippen molar-refractivity contribution in [1.29, 1.82) is 0 Å². The minimum atomic E-state index is -0.690. The van der Waals surface area contributed by atoms with Gasteiger partial charge in [0.05, 0.1) is 5.69 Å². The molecule has 1 heterocycles. The number of hydrogen-bond donors (Lipinski definition) is 2. The van der Waals surface area contributed by atoms with Crippen molar-refractivity contribution in [2.24, 2.45) is 4.99 Å². The minimum Gasteiger partial charge on any atom is -0.493 e. The molecule has 0 aliphatic carbocycles. The molecule has 0 radical (unpaired) electrons. The number of para-hydroxylation sites is 1. The number of H-pyrrole nitrogens is 1. The highest BCUT2D eigenvalue weighted by atomic mass is 16.3. The molecule has 0 amide bonds. The van der Waals surface area contributed by atoms with Crippen LogP contribution < -0.4 is 11.2 Å². The molecule has 0 unspecified atom stereocenters. The number of aromatic nitrogens is 2. The summed E-state index contributed by atoms with van der Waals surface area (Å²) in [5, 5.41) is 10.2. The first-order valence-corrected chi connectivity index (χ1v) is 6.71. The van der Waals surface area contributed by atoms with Gasteiger partial charge in [0.2, 0.25) is 5.88 Å². The highest BCUT2D eigenvalue weighted by Gasteiger charge is 2.13. The van der Waals surface area contributed by atoms with Gasteiger partial charge in [-0.1, -0.05) is 25.1 Å². The lowest BCUT2D eigenvalue weighted by molar-refractivity contribution is 0.430. The van der Waals surface area contributed by atoms with Crippen LogP contribution in [0.4, 0.5) is 0 Å². The maximum atomic E-state index is 11.9. The van der Waals surface area contributed by atoms with E-state index in [-0.39, 0.29) is 11.6 Å². The monoisotopic (exact) mass is 287 g/mol. The van der Waals surface area contributed by atoms with Crippen LogP contribution in [-0.2, 0) is 0 Å². The summed E-state index contributed by atoms with van der Waals surface area (Å²) in [6.07, 6.45) is 2.12. The van der Waals surface area contributed by atoms with Gasteiger partial charge in [-0.15, -0.1) is 0 Å². The van der Waals surface area contributed by atoms with Crippen LogP contribution in [0.25, 0.3) is 5.69 Å². The van der Waals surface area contributed by atoms with Crippen molar-refractivity contribution >= 4 is 6.21 Å². The maximum Gasteiger partial charge on any atom is 0.335 e. The lowest BCUT2D eigenvalue weighted by Gasteiger charge is -2.09. The fourth-order valence-corrected chi connectivity index (χ4v) is 1.78. The van der Waals surface area contributed by atoms with Gasteiger partial charge in [0.25, 0.3) is 5.56 Å². The van der Waals surface area contributed by atoms with E-state index in [2.05, 4.69) is 9.98 Å². The van der Waals surface area contributed by atoms with Crippen molar-refractivity contribution in [3.8, 4) is 11.6 Å². The van der Waals surface area contributed by atoms with E-state index in [1.807, 2.05) is 13.8 Å². The first kappa shape index (κ1) is 14.8. The number of aromatic hydroxyl groups is 1. The molecule has 1 aromatic carbocycles. The van der Waals surface area contributed by atoms with E-state index in [0.717, 1.165) is 11.0 Å². The Morgan fingerprint density at radius 1 is 1.33 bits per heavy atom. The number of benzene rings is 1. The van der Waals surface area contributed by atoms with Crippen molar-refractivity contribution in [3.63, 3.8) is 0 Å². The lowest BCUT2D eigenvalue weighted by Crippen LogP contribution is -2.31. The average molecular weight is 287 g/mol. The SMILES string of the molecule is CC[C@H](C)N=Cc1c(O)n(-c2ccccc2)c(=O)[nH]c1=O. The van der Waals surface area contributed by atoms with Gasteiger partial charge in [0, 0.05) is 12.3 Å². The van der Waals surface area contributed by atoms with Crippen molar-refractivity contribution in [3.05, 3.63) is 56.7 Å². The molecule has 1 aromatic heterocycles. The Labute approximate surface area is 121 Å². The van der Waals surface area contributed by atoms with Crippen LogP contribution in [0.15, 0.2) is 44.9 Å². The van der Waals surface area contributed by atoms with Gasteiger partial charge < -0.3 is 5.11 Å². The molecule has 2 rings (SSSR count). The van der Waals surface area contributed by atoms with Gasteiger partial charge in [-0.3, -0.25) is 14.8 Å². The van der Waals surface area contributed by atoms with Crippen molar-refractivity contribution in [2.75, 3.05) is 0 Å². The predicted octanol–water partition coefficient (Wildman–Crippen LogP) is 1.45. The summed E-state index contributed by atoms with van der Waals surface area (Å²) in [5.41, 5.74) is -0.908. The summed E-state index contributed by atoms with van der Waals surface area (Å²) < 4.78 is 1.04. The van der Waals surface area contributed by atoms with Crippen LogP contribution >= 0.6 is 0 Å². The Balaban J connectivity index is 2.62. The topological polar surface area (TPSA) is 87.4 Å². The predicted molar refractivity (Wildman–Crippen MR) is 81.7 cm³/mol. The normalized spacial score (nSPS) is 12.7. The van der Waals surface area contributed by atoms with E-state index in [1.165, 1.54) is 6.21 Å². The van der Waals surface area contributed by atoms with Crippen molar-refractivity contribution in [1.82, 2.24) is 9.55 Å². The molecule has 1 atom stereocenters. The second-order valence-electron chi connectivity index (χ2n) is 4.70. The Morgan fingerprint density at radius 3 is 2.62 bits per heavy atom. The van der Waals surface area contributed by atoms with Gasteiger partial charge in [0.1, 0.15) is 5.56 Å². The first-order valence-electron chi connectivity index (χ1n) is 6.71. The van der Waals surface area contributed by atoms with E-state index >= 15 is 0 Å². The summed E-state index contributed by atoms with van der Waals surface area (Å²) in [5.74, 6) is -0.415. The fraction of sp³-hybridized carbons (Fsp3) is 0.267. The van der Waals surface area contributed by atoms with Crippen molar-refractivity contribution in [2.45, 2.75) is 26.3 Å². The van der Waals surface area contributed by atoms with Crippen LogP contribution in [0.1, 0.15) is 25.8 Å². The lowest BCUT2D eigenvalue weighted by atomic mass is 10.2. The molecule has 0 fully saturated rings. The zero-order valence-corrected chi connectivity index (χ0v) is 11.9. The third kappa shape index (κ3) is 3.10. The number of nitrogens with one attached hydrogen (secondary N) is 1. The molecule has 6 nitrogen and oxygen atoms in total. The number of nitrogens with zero attached hydrogens (tertiary/aromatic N) is 2. The highest BCUT2D eigenvalue weighted by molar-refractivity contribution is 5.82. The van der Waals surface area contributed by atoms with Gasteiger partial charge in [-0.05, 0) is 25.5 Å². The van der Waals surface area contributed by atoms with Gasteiger partial charge in [0.15, 0.2) is 0 Å². The Kier molecular flexibility index (Phi) is 4.37. The summed E-state index contributed by atoms with van der Waals surface area (Å²) in [6.45, 7) is 3.87. The molecular weight excluding hydrogens is 270 g/mol. The molecule has 6 heteroatoms. The van der Waals surface area contributed by atoms with Crippen LogP contribution in [-0.4, -0.2) is 26.9 Å². The molecule has 110 valence electrons. The molecule has 2 aromatic rings. The first-order chi connectivity index (χ1) is 10.0. The van der Waals surface area contributed by atoms with E-state index in [0.29, 0.717) is 5.69 Å². The third-order valence-electron chi connectivity index (χ3n) is 3.18.